The van der Waals surface area contributed by atoms with E-state index >= 15 is 0 Å². The minimum absolute atomic E-state index is 0.0392. The number of hydrogen-bond acceptors (Lipinski definition) is 3. The van der Waals surface area contributed by atoms with Gasteiger partial charge in [-0.15, -0.1) is 11.3 Å². The van der Waals surface area contributed by atoms with Crippen LogP contribution < -0.4 is 11.1 Å². The Hall–Kier alpha value is -1.65. The summed E-state index contributed by atoms with van der Waals surface area (Å²) in [6.07, 6.45) is 0.844. The zero-order valence-corrected chi connectivity index (χ0v) is 10.9. The molecule has 0 saturated carbocycles. The van der Waals surface area contributed by atoms with Gasteiger partial charge in [0.2, 0.25) is 0 Å². The van der Waals surface area contributed by atoms with Crippen molar-refractivity contribution in [2.75, 3.05) is 6.54 Å². The van der Waals surface area contributed by atoms with Crippen LogP contribution in [0.15, 0.2) is 41.8 Å². The molecule has 0 saturated heterocycles. The van der Waals surface area contributed by atoms with Crippen LogP contribution >= 0.6 is 11.3 Å². The van der Waals surface area contributed by atoms with Gasteiger partial charge >= 0.3 is 0 Å². The quantitative estimate of drug-likeness (QED) is 0.865. The molecule has 0 radical (unpaired) electrons. The molecule has 2 rings (SSSR count). The molecule has 0 aliphatic rings. The van der Waals surface area contributed by atoms with Crippen molar-refractivity contribution in [2.45, 2.75) is 13.0 Å². The highest BCUT2D eigenvalue weighted by atomic mass is 32.1. The molecule has 0 bridgehead atoms. The summed E-state index contributed by atoms with van der Waals surface area (Å²) in [6.45, 7) is 1.21. The summed E-state index contributed by atoms with van der Waals surface area (Å²) >= 11 is 1.64. The predicted octanol–water partition coefficient (Wildman–Crippen LogP) is 2.18. The van der Waals surface area contributed by atoms with E-state index in [0.717, 1.165) is 16.9 Å². The molecule has 0 spiro atoms. The number of nitrogens with one attached hydrogen (secondary N) is 1. The van der Waals surface area contributed by atoms with Crippen LogP contribution in [0, 0.1) is 0 Å². The second-order valence-electron chi connectivity index (χ2n) is 4.00. The molecule has 94 valence electrons. The number of benzene rings is 1. The van der Waals surface area contributed by atoms with E-state index in [2.05, 4.69) is 5.32 Å². The molecule has 0 aliphatic carbocycles. The van der Waals surface area contributed by atoms with Gasteiger partial charge in [0.15, 0.2) is 0 Å². The van der Waals surface area contributed by atoms with Crippen LogP contribution in [0.3, 0.4) is 0 Å². The van der Waals surface area contributed by atoms with Gasteiger partial charge in [-0.25, -0.2) is 0 Å². The molecule has 0 unspecified atom stereocenters. The Labute approximate surface area is 111 Å². The summed E-state index contributed by atoms with van der Waals surface area (Å²) in [7, 11) is 0. The largest absolute Gasteiger partial charge is 0.347 e. The Morgan fingerprint density at radius 2 is 2.00 bits per heavy atom. The van der Waals surface area contributed by atoms with Crippen molar-refractivity contribution in [3.63, 3.8) is 0 Å². The molecule has 0 fully saturated rings. The molecule has 2 aromatic rings. The number of amides is 1. The molecule has 3 nitrogen and oxygen atoms in total. The van der Waals surface area contributed by atoms with E-state index in [0.29, 0.717) is 18.7 Å². The van der Waals surface area contributed by atoms with Gasteiger partial charge in [-0.2, -0.15) is 0 Å². The third-order valence-corrected chi connectivity index (χ3v) is 3.53. The zero-order valence-electron chi connectivity index (χ0n) is 10.1. The SMILES string of the molecule is NCCc1ccc(C(=O)NCc2cccs2)cc1. The normalized spacial score (nSPS) is 10.3. The van der Waals surface area contributed by atoms with E-state index in [1.165, 1.54) is 0 Å². The Morgan fingerprint density at radius 3 is 2.61 bits per heavy atom. The summed E-state index contributed by atoms with van der Waals surface area (Å²) in [6, 6.07) is 11.6. The maximum absolute atomic E-state index is 11.9. The minimum atomic E-state index is -0.0392. The molecular weight excluding hydrogens is 244 g/mol. The summed E-state index contributed by atoms with van der Waals surface area (Å²) in [5.74, 6) is -0.0392. The van der Waals surface area contributed by atoms with E-state index in [9.17, 15) is 4.79 Å². The van der Waals surface area contributed by atoms with Crippen molar-refractivity contribution in [1.29, 1.82) is 0 Å². The van der Waals surface area contributed by atoms with Crippen molar-refractivity contribution in [3.05, 3.63) is 57.8 Å². The van der Waals surface area contributed by atoms with Gasteiger partial charge in [0.1, 0.15) is 0 Å². The number of rotatable bonds is 5. The maximum Gasteiger partial charge on any atom is 0.251 e. The fourth-order valence-corrected chi connectivity index (χ4v) is 2.32. The lowest BCUT2D eigenvalue weighted by atomic mass is 10.1. The second-order valence-corrected chi connectivity index (χ2v) is 5.03. The van der Waals surface area contributed by atoms with E-state index in [1.54, 1.807) is 11.3 Å². The minimum Gasteiger partial charge on any atom is -0.347 e. The number of carbonyl (C=O) groups is 1. The van der Waals surface area contributed by atoms with Crippen molar-refractivity contribution in [1.82, 2.24) is 5.32 Å². The Balaban J connectivity index is 1.92. The first kappa shape index (κ1) is 12.8. The fourth-order valence-electron chi connectivity index (χ4n) is 1.67. The van der Waals surface area contributed by atoms with Crippen LogP contribution in [0.4, 0.5) is 0 Å². The van der Waals surface area contributed by atoms with Gasteiger partial charge in [0.05, 0.1) is 6.54 Å². The van der Waals surface area contributed by atoms with Crippen LogP contribution in [0.1, 0.15) is 20.8 Å². The first-order valence-electron chi connectivity index (χ1n) is 5.89. The maximum atomic E-state index is 11.9. The van der Waals surface area contributed by atoms with Crippen LogP contribution in [-0.4, -0.2) is 12.5 Å². The Bertz CT molecular complexity index is 491. The van der Waals surface area contributed by atoms with E-state index < -0.39 is 0 Å². The lowest BCUT2D eigenvalue weighted by Crippen LogP contribution is -2.22. The van der Waals surface area contributed by atoms with E-state index in [1.807, 2.05) is 41.8 Å². The molecule has 0 aliphatic heterocycles. The summed E-state index contributed by atoms with van der Waals surface area (Å²) in [5, 5.41) is 4.90. The van der Waals surface area contributed by atoms with Gasteiger partial charge in [0, 0.05) is 10.4 Å². The molecule has 1 aromatic carbocycles. The van der Waals surface area contributed by atoms with Gasteiger partial charge in [-0.05, 0) is 42.1 Å². The standard InChI is InChI=1S/C14H16N2OS/c15-8-7-11-3-5-12(6-4-11)14(17)16-10-13-2-1-9-18-13/h1-6,9H,7-8,10,15H2,(H,16,17). The molecular formula is C14H16N2OS. The third kappa shape index (κ3) is 3.42. The number of thiophene rings is 1. The van der Waals surface area contributed by atoms with Crippen LogP contribution in [0.2, 0.25) is 0 Å². The smallest absolute Gasteiger partial charge is 0.251 e. The first-order valence-corrected chi connectivity index (χ1v) is 6.77. The molecule has 18 heavy (non-hydrogen) atoms. The molecule has 1 amide bonds. The van der Waals surface area contributed by atoms with E-state index in [4.69, 9.17) is 5.73 Å². The first-order chi connectivity index (χ1) is 8.79. The van der Waals surface area contributed by atoms with Crippen LogP contribution in [-0.2, 0) is 13.0 Å². The topological polar surface area (TPSA) is 55.1 Å². The van der Waals surface area contributed by atoms with Crippen molar-refractivity contribution >= 4 is 17.2 Å². The Morgan fingerprint density at radius 1 is 1.22 bits per heavy atom. The Kier molecular flexibility index (Phi) is 4.50. The molecule has 0 atom stereocenters. The molecule has 1 heterocycles. The predicted molar refractivity (Wildman–Crippen MR) is 74.7 cm³/mol. The lowest BCUT2D eigenvalue weighted by Gasteiger charge is -2.05. The van der Waals surface area contributed by atoms with Gasteiger partial charge in [-0.1, -0.05) is 18.2 Å². The zero-order chi connectivity index (χ0) is 12.8. The molecule has 4 heteroatoms. The van der Waals surface area contributed by atoms with Crippen LogP contribution in [0.5, 0.6) is 0 Å². The van der Waals surface area contributed by atoms with Gasteiger partial charge in [-0.3, -0.25) is 4.79 Å². The molecule has 3 N–H and O–H groups in total. The number of carbonyl (C=O) groups excluding carboxylic acids is 1. The average molecular weight is 260 g/mol. The fraction of sp³-hybridized carbons (Fsp3) is 0.214. The van der Waals surface area contributed by atoms with Gasteiger partial charge < -0.3 is 11.1 Å². The highest BCUT2D eigenvalue weighted by Gasteiger charge is 2.05. The average Bonchev–Trinajstić information content (AvgIpc) is 2.90. The van der Waals surface area contributed by atoms with Crippen molar-refractivity contribution < 1.29 is 4.79 Å². The third-order valence-electron chi connectivity index (χ3n) is 2.65. The van der Waals surface area contributed by atoms with Crippen molar-refractivity contribution in [3.8, 4) is 0 Å². The summed E-state index contributed by atoms with van der Waals surface area (Å²) in [4.78, 5) is 13.0. The number of hydrogen-bond donors (Lipinski definition) is 2. The van der Waals surface area contributed by atoms with Crippen molar-refractivity contribution in [2.24, 2.45) is 5.73 Å². The van der Waals surface area contributed by atoms with E-state index in [-0.39, 0.29) is 5.91 Å². The lowest BCUT2D eigenvalue weighted by molar-refractivity contribution is 0.0951. The van der Waals surface area contributed by atoms with Gasteiger partial charge in [0.25, 0.3) is 5.91 Å². The highest BCUT2D eigenvalue weighted by molar-refractivity contribution is 7.09. The number of nitrogens with two attached hydrogens (primary N) is 1. The molecule has 1 aromatic heterocycles. The monoisotopic (exact) mass is 260 g/mol. The summed E-state index contributed by atoms with van der Waals surface area (Å²) < 4.78 is 0. The second kappa shape index (κ2) is 6.33. The summed E-state index contributed by atoms with van der Waals surface area (Å²) in [5.41, 5.74) is 7.33. The highest BCUT2D eigenvalue weighted by Crippen LogP contribution is 2.09. The van der Waals surface area contributed by atoms with Crippen LogP contribution in [0.25, 0.3) is 0 Å².